The Hall–Kier alpha value is -3.40. The van der Waals surface area contributed by atoms with Gasteiger partial charge in [0.15, 0.2) is 9.43 Å². The number of rotatable bonds is 5. The lowest BCUT2D eigenvalue weighted by atomic mass is 10.1. The number of nitrogens with one attached hydrogen (secondary N) is 1. The van der Waals surface area contributed by atoms with Gasteiger partial charge in [0, 0.05) is 6.54 Å². The average Bonchev–Trinajstić information content (AvgIpc) is 3.08. The molecule has 2 aromatic rings. The molecule has 0 aliphatic carbocycles. The molecule has 9 heteroatoms. The van der Waals surface area contributed by atoms with E-state index in [-0.39, 0.29) is 23.1 Å². The van der Waals surface area contributed by atoms with Crippen molar-refractivity contribution in [3.8, 4) is 0 Å². The van der Waals surface area contributed by atoms with Gasteiger partial charge in [0.2, 0.25) is 0 Å². The minimum absolute atomic E-state index is 0.0121. The fraction of sp³-hybridized carbons (Fsp3) is 0.0417. The number of nitrogens with zero attached hydrogens (tertiary/aromatic N) is 2. The Morgan fingerprint density at radius 2 is 1.55 bits per heavy atom. The van der Waals surface area contributed by atoms with Crippen LogP contribution in [0.2, 0.25) is 0 Å². The third-order valence-corrected chi connectivity index (χ3v) is 6.48. The summed E-state index contributed by atoms with van der Waals surface area (Å²) in [6.07, 6.45) is 4.81. The number of hydrogen-bond donors (Lipinski definition) is 1. The smallest absolute Gasteiger partial charge is 0.270 e. The van der Waals surface area contributed by atoms with Crippen LogP contribution in [0.25, 0.3) is 12.2 Å². The Labute approximate surface area is 205 Å². The van der Waals surface area contributed by atoms with Crippen molar-refractivity contribution < 1.29 is 14.4 Å². The molecule has 2 aliphatic heterocycles. The Morgan fingerprint density at radius 1 is 0.909 bits per heavy atom. The molecule has 0 unspecified atom stereocenters. The average molecular weight is 492 g/mol. The standard InChI is InChI=1S/C24H17N3O3S3/c1-2-12-26-21(29)18(20(28)25-23(26)31)13-15-8-10-16(11-9-15)14-19-22(30)27(24(32)33-19)17-6-4-3-5-7-17/h2-11,13-14H,1,12H2,(H,25,28,31). The lowest BCUT2D eigenvalue weighted by Crippen LogP contribution is -2.53. The number of carbonyl (C=O) groups is 3. The van der Waals surface area contributed by atoms with E-state index in [1.54, 1.807) is 30.3 Å². The molecule has 4 rings (SSSR count). The van der Waals surface area contributed by atoms with Crippen LogP contribution < -0.4 is 10.2 Å². The third-order valence-electron chi connectivity index (χ3n) is 4.85. The highest BCUT2D eigenvalue weighted by Crippen LogP contribution is 2.35. The van der Waals surface area contributed by atoms with Gasteiger partial charge in [0.1, 0.15) is 5.57 Å². The number of amides is 3. The maximum atomic E-state index is 12.9. The summed E-state index contributed by atoms with van der Waals surface area (Å²) < 4.78 is 0.475. The first-order valence-corrected chi connectivity index (χ1v) is 11.4. The zero-order valence-corrected chi connectivity index (χ0v) is 19.6. The number of hydrogen-bond acceptors (Lipinski definition) is 6. The summed E-state index contributed by atoms with van der Waals surface area (Å²) in [6.45, 7) is 3.81. The predicted molar refractivity (Wildman–Crippen MR) is 139 cm³/mol. The van der Waals surface area contributed by atoms with E-state index in [0.29, 0.717) is 14.8 Å². The second kappa shape index (κ2) is 9.62. The lowest BCUT2D eigenvalue weighted by molar-refractivity contribution is -0.128. The largest absolute Gasteiger partial charge is 0.298 e. The molecule has 0 radical (unpaired) electrons. The van der Waals surface area contributed by atoms with Gasteiger partial charge in [-0.15, -0.1) is 6.58 Å². The van der Waals surface area contributed by atoms with Gasteiger partial charge in [0.05, 0.1) is 10.6 Å². The number of carbonyl (C=O) groups excluding carboxylic acids is 3. The van der Waals surface area contributed by atoms with Gasteiger partial charge in [-0.3, -0.25) is 29.5 Å². The predicted octanol–water partition coefficient (Wildman–Crippen LogP) is 3.91. The van der Waals surface area contributed by atoms with Crippen LogP contribution in [-0.2, 0) is 14.4 Å². The second-order valence-corrected chi connectivity index (χ2v) is 9.10. The highest BCUT2D eigenvalue weighted by atomic mass is 32.2. The van der Waals surface area contributed by atoms with Crippen LogP contribution in [0.15, 0.2) is 77.7 Å². The summed E-state index contributed by atoms with van der Waals surface area (Å²) in [5.74, 6) is -1.19. The van der Waals surface area contributed by atoms with E-state index in [4.69, 9.17) is 24.4 Å². The van der Waals surface area contributed by atoms with E-state index in [0.717, 1.165) is 11.3 Å². The Balaban J connectivity index is 1.55. The van der Waals surface area contributed by atoms with Crippen molar-refractivity contribution in [2.45, 2.75) is 0 Å². The molecule has 2 aromatic carbocycles. The van der Waals surface area contributed by atoms with Crippen molar-refractivity contribution in [1.29, 1.82) is 0 Å². The van der Waals surface area contributed by atoms with Crippen molar-refractivity contribution in [2.24, 2.45) is 0 Å². The molecule has 6 nitrogen and oxygen atoms in total. The molecule has 0 saturated carbocycles. The second-order valence-electron chi connectivity index (χ2n) is 7.04. The summed E-state index contributed by atoms with van der Waals surface area (Å²) in [5, 5.41) is 2.58. The van der Waals surface area contributed by atoms with Crippen molar-refractivity contribution in [3.05, 3.63) is 88.9 Å². The molecular formula is C24H17N3O3S3. The molecule has 33 heavy (non-hydrogen) atoms. The van der Waals surface area contributed by atoms with E-state index in [2.05, 4.69) is 11.9 Å². The minimum atomic E-state index is -0.543. The molecule has 0 aromatic heterocycles. The monoisotopic (exact) mass is 491 g/mol. The fourth-order valence-corrected chi connectivity index (χ4v) is 4.81. The molecule has 0 spiro atoms. The molecule has 1 N–H and O–H groups in total. The highest BCUT2D eigenvalue weighted by Gasteiger charge is 2.34. The number of para-hydroxylation sites is 1. The van der Waals surface area contributed by atoms with Gasteiger partial charge in [0.25, 0.3) is 17.7 Å². The Morgan fingerprint density at radius 3 is 2.18 bits per heavy atom. The molecule has 2 heterocycles. The maximum Gasteiger partial charge on any atom is 0.270 e. The van der Waals surface area contributed by atoms with E-state index < -0.39 is 11.8 Å². The van der Waals surface area contributed by atoms with E-state index >= 15 is 0 Å². The van der Waals surface area contributed by atoms with Gasteiger partial charge in [-0.2, -0.15) is 0 Å². The first-order valence-electron chi connectivity index (χ1n) is 9.82. The normalized spacial score (nSPS) is 19.0. The van der Waals surface area contributed by atoms with E-state index in [1.165, 1.54) is 33.7 Å². The summed E-state index contributed by atoms with van der Waals surface area (Å²) in [4.78, 5) is 41.1. The molecule has 0 atom stereocenters. The van der Waals surface area contributed by atoms with Crippen LogP contribution in [0.3, 0.4) is 0 Å². The van der Waals surface area contributed by atoms with E-state index in [9.17, 15) is 14.4 Å². The SMILES string of the molecule is C=CCN1C(=O)C(=Cc2ccc(C=C3SC(=S)N(c4ccccc4)C3=O)cc2)C(=O)NC1=S. The van der Waals surface area contributed by atoms with Gasteiger partial charge in [-0.05, 0) is 47.6 Å². The van der Waals surface area contributed by atoms with Crippen LogP contribution in [0.5, 0.6) is 0 Å². The number of benzene rings is 2. The summed E-state index contributed by atoms with van der Waals surface area (Å²) in [5.41, 5.74) is 2.17. The van der Waals surface area contributed by atoms with E-state index in [1.807, 2.05) is 30.3 Å². The number of anilines is 1. The lowest BCUT2D eigenvalue weighted by Gasteiger charge is -2.27. The minimum Gasteiger partial charge on any atom is -0.298 e. The van der Waals surface area contributed by atoms with Crippen LogP contribution in [0.4, 0.5) is 5.69 Å². The number of thiocarbonyl (C=S) groups is 2. The van der Waals surface area contributed by atoms with Crippen molar-refractivity contribution in [2.75, 3.05) is 11.4 Å². The van der Waals surface area contributed by atoms with Gasteiger partial charge < -0.3 is 0 Å². The molecular weight excluding hydrogens is 474 g/mol. The molecule has 2 fully saturated rings. The van der Waals surface area contributed by atoms with Crippen molar-refractivity contribution >= 4 is 81.2 Å². The van der Waals surface area contributed by atoms with Crippen molar-refractivity contribution in [1.82, 2.24) is 10.2 Å². The molecule has 3 amide bonds. The van der Waals surface area contributed by atoms with Crippen LogP contribution in [0.1, 0.15) is 11.1 Å². The Bertz CT molecular complexity index is 1250. The number of thioether (sulfide) groups is 1. The third kappa shape index (κ3) is 4.70. The zero-order chi connectivity index (χ0) is 23.5. The Kier molecular flexibility index (Phi) is 6.64. The molecule has 164 valence electrons. The van der Waals surface area contributed by atoms with Crippen LogP contribution in [0, 0.1) is 0 Å². The zero-order valence-electron chi connectivity index (χ0n) is 17.2. The van der Waals surface area contributed by atoms with Crippen LogP contribution in [-0.4, -0.2) is 38.6 Å². The molecule has 0 bridgehead atoms. The summed E-state index contributed by atoms with van der Waals surface area (Å²) in [6, 6.07) is 16.4. The van der Waals surface area contributed by atoms with Crippen molar-refractivity contribution in [3.63, 3.8) is 0 Å². The summed E-state index contributed by atoms with van der Waals surface area (Å²) >= 11 is 11.7. The first-order chi connectivity index (χ1) is 15.9. The molecule has 2 aliphatic rings. The van der Waals surface area contributed by atoms with Gasteiger partial charge in [-0.1, -0.05) is 72.5 Å². The maximum absolute atomic E-state index is 12.9. The van der Waals surface area contributed by atoms with Crippen LogP contribution >= 0.6 is 36.2 Å². The van der Waals surface area contributed by atoms with Gasteiger partial charge in [-0.25, -0.2) is 0 Å². The van der Waals surface area contributed by atoms with Gasteiger partial charge >= 0.3 is 0 Å². The molecule has 2 saturated heterocycles. The topological polar surface area (TPSA) is 69.7 Å². The fourth-order valence-electron chi connectivity index (χ4n) is 3.26. The first kappa shape index (κ1) is 22.8. The highest BCUT2D eigenvalue weighted by molar-refractivity contribution is 8.27. The summed E-state index contributed by atoms with van der Waals surface area (Å²) in [7, 11) is 0. The quantitative estimate of drug-likeness (QED) is 0.296.